The fourth-order valence-corrected chi connectivity index (χ4v) is 2.21. The first-order valence-corrected chi connectivity index (χ1v) is 6.71. The molecule has 0 radical (unpaired) electrons. The third kappa shape index (κ3) is 2.85. The maximum Gasteiger partial charge on any atom is 0.306 e. The summed E-state index contributed by atoms with van der Waals surface area (Å²) in [4.78, 5) is 22.0. The maximum absolute atomic E-state index is 10.9. The van der Waals surface area contributed by atoms with Gasteiger partial charge in [-0.05, 0) is 18.9 Å². The van der Waals surface area contributed by atoms with E-state index in [1.807, 2.05) is 13.0 Å². The largest absolute Gasteiger partial charge is 0.481 e. The zero-order chi connectivity index (χ0) is 14.2. The number of aliphatic carboxylic acids is 1. The fourth-order valence-electron chi connectivity index (χ4n) is 2.21. The van der Waals surface area contributed by atoms with E-state index < -0.39 is 5.97 Å². The standard InChI is InChI=1S/C14H21N3O2/c1-8(2)12-5-9(3)15-14(16-12)17-6-11(7-17)10(4)13(18)19/h5,8,10-11H,6-7H2,1-4H3,(H,18,19). The highest BCUT2D eigenvalue weighted by atomic mass is 16.4. The molecule has 1 saturated heterocycles. The molecule has 1 aromatic heterocycles. The summed E-state index contributed by atoms with van der Waals surface area (Å²) in [5.41, 5.74) is 2.00. The topological polar surface area (TPSA) is 66.3 Å². The normalized spacial score (nSPS) is 17.4. The molecule has 19 heavy (non-hydrogen) atoms. The lowest BCUT2D eigenvalue weighted by molar-refractivity contribution is -0.143. The number of hydrogen-bond acceptors (Lipinski definition) is 4. The molecule has 1 N–H and O–H groups in total. The number of aromatic nitrogens is 2. The molecule has 1 fully saturated rings. The second-order valence-electron chi connectivity index (χ2n) is 5.68. The molecule has 5 nitrogen and oxygen atoms in total. The minimum Gasteiger partial charge on any atom is -0.481 e. The molecule has 1 aliphatic heterocycles. The maximum atomic E-state index is 10.9. The molecular weight excluding hydrogens is 242 g/mol. The summed E-state index contributed by atoms with van der Waals surface area (Å²) < 4.78 is 0. The molecule has 0 bridgehead atoms. The molecule has 0 saturated carbocycles. The van der Waals surface area contributed by atoms with Gasteiger partial charge in [0.25, 0.3) is 0 Å². The number of carboxylic acids is 1. The monoisotopic (exact) mass is 263 g/mol. The Balaban J connectivity index is 2.07. The van der Waals surface area contributed by atoms with Crippen LogP contribution in [0.4, 0.5) is 5.95 Å². The molecule has 1 atom stereocenters. The highest BCUT2D eigenvalue weighted by molar-refractivity contribution is 5.70. The molecule has 5 heteroatoms. The first-order chi connectivity index (χ1) is 8.88. The third-order valence-electron chi connectivity index (χ3n) is 3.74. The Morgan fingerprint density at radius 2 is 2.00 bits per heavy atom. The average molecular weight is 263 g/mol. The highest BCUT2D eigenvalue weighted by Gasteiger charge is 2.36. The smallest absolute Gasteiger partial charge is 0.306 e. The van der Waals surface area contributed by atoms with Crippen LogP contribution in [0.25, 0.3) is 0 Å². The zero-order valence-corrected chi connectivity index (χ0v) is 11.9. The summed E-state index contributed by atoms with van der Waals surface area (Å²) in [7, 11) is 0. The summed E-state index contributed by atoms with van der Waals surface area (Å²) in [6, 6.07) is 2.01. The van der Waals surface area contributed by atoms with Crippen LogP contribution in [-0.2, 0) is 4.79 Å². The first-order valence-electron chi connectivity index (χ1n) is 6.71. The SMILES string of the molecule is Cc1cc(C(C)C)nc(N2CC(C(C)C(=O)O)C2)n1. The van der Waals surface area contributed by atoms with Crippen molar-refractivity contribution in [2.75, 3.05) is 18.0 Å². The van der Waals surface area contributed by atoms with E-state index in [1.165, 1.54) is 0 Å². The van der Waals surface area contributed by atoms with Crippen molar-refractivity contribution in [2.45, 2.75) is 33.6 Å². The number of rotatable bonds is 4. The van der Waals surface area contributed by atoms with E-state index >= 15 is 0 Å². The van der Waals surface area contributed by atoms with Gasteiger partial charge in [-0.2, -0.15) is 0 Å². The van der Waals surface area contributed by atoms with E-state index in [-0.39, 0.29) is 11.8 Å². The molecule has 0 amide bonds. The fraction of sp³-hybridized carbons (Fsp3) is 0.643. The second-order valence-corrected chi connectivity index (χ2v) is 5.68. The summed E-state index contributed by atoms with van der Waals surface area (Å²) in [5, 5.41) is 8.99. The Morgan fingerprint density at radius 3 is 2.53 bits per heavy atom. The van der Waals surface area contributed by atoms with Crippen LogP contribution < -0.4 is 4.90 Å². The lowest BCUT2D eigenvalue weighted by Crippen LogP contribution is -2.51. The van der Waals surface area contributed by atoms with Crippen molar-refractivity contribution in [3.8, 4) is 0 Å². The first kappa shape index (κ1) is 13.8. The number of nitrogens with zero attached hydrogens (tertiary/aromatic N) is 3. The Kier molecular flexibility index (Phi) is 3.73. The van der Waals surface area contributed by atoms with Gasteiger partial charge < -0.3 is 10.0 Å². The second kappa shape index (κ2) is 5.15. The minimum atomic E-state index is -0.724. The van der Waals surface area contributed by atoms with Crippen LogP contribution in [0.3, 0.4) is 0 Å². The number of aryl methyl sites for hydroxylation is 1. The van der Waals surface area contributed by atoms with Gasteiger partial charge in [0.05, 0.1) is 5.92 Å². The molecule has 0 spiro atoms. The van der Waals surface area contributed by atoms with Crippen molar-refractivity contribution in [1.82, 2.24) is 9.97 Å². The van der Waals surface area contributed by atoms with Crippen molar-refractivity contribution >= 4 is 11.9 Å². The van der Waals surface area contributed by atoms with Crippen molar-refractivity contribution < 1.29 is 9.90 Å². The van der Waals surface area contributed by atoms with Gasteiger partial charge in [-0.15, -0.1) is 0 Å². The Labute approximate surface area is 113 Å². The summed E-state index contributed by atoms with van der Waals surface area (Å²) in [5.74, 6) is 0.278. The summed E-state index contributed by atoms with van der Waals surface area (Å²) >= 11 is 0. The molecule has 1 unspecified atom stereocenters. The van der Waals surface area contributed by atoms with Gasteiger partial charge in [0, 0.05) is 30.4 Å². The van der Waals surface area contributed by atoms with E-state index in [1.54, 1.807) is 6.92 Å². The van der Waals surface area contributed by atoms with E-state index in [9.17, 15) is 4.79 Å². The molecule has 104 valence electrons. The Morgan fingerprint density at radius 1 is 1.37 bits per heavy atom. The van der Waals surface area contributed by atoms with Crippen LogP contribution in [0.5, 0.6) is 0 Å². The van der Waals surface area contributed by atoms with Gasteiger partial charge in [0.2, 0.25) is 5.95 Å². The van der Waals surface area contributed by atoms with E-state index in [4.69, 9.17) is 5.11 Å². The molecule has 0 aromatic carbocycles. The predicted molar refractivity (Wildman–Crippen MR) is 73.4 cm³/mol. The van der Waals surface area contributed by atoms with Crippen molar-refractivity contribution in [1.29, 1.82) is 0 Å². The third-order valence-corrected chi connectivity index (χ3v) is 3.74. The summed E-state index contributed by atoms with van der Waals surface area (Å²) in [6.07, 6.45) is 0. The van der Waals surface area contributed by atoms with Crippen LogP contribution in [0.15, 0.2) is 6.07 Å². The predicted octanol–water partition coefficient (Wildman–Crippen LogP) is 2.07. The Bertz CT molecular complexity index is 482. The number of carbonyl (C=O) groups is 1. The molecule has 1 aromatic rings. The van der Waals surface area contributed by atoms with Crippen molar-refractivity contribution in [2.24, 2.45) is 11.8 Å². The molecule has 2 heterocycles. The van der Waals surface area contributed by atoms with Gasteiger partial charge >= 0.3 is 5.97 Å². The van der Waals surface area contributed by atoms with Crippen LogP contribution in [0.1, 0.15) is 38.1 Å². The van der Waals surface area contributed by atoms with Crippen LogP contribution >= 0.6 is 0 Å². The van der Waals surface area contributed by atoms with Gasteiger partial charge in [-0.1, -0.05) is 20.8 Å². The lowest BCUT2D eigenvalue weighted by Gasteiger charge is -2.41. The zero-order valence-electron chi connectivity index (χ0n) is 11.9. The molecule has 1 aliphatic rings. The van der Waals surface area contributed by atoms with E-state index in [2.05, 4.69) is 28.7 Å². The number of anilines is 1. The van der Waals surface area contributed by atoms with Crippen molar-refractivity contribution in [3.05, 3.63) is 17.5 Å². The van der Waals surface area contributed by atoms with Gasteiger partial charge in [0.1, 0.15) is 0 Å². The average Bonchev–Trinajstić information content (AvgIpc) is 2.25. The minimum absolute atomic E-state index is 0.198. The van der Waals surface area contributed by atoms with Crippen LogP contribution in [0, 0.1) is 18.8 Å². The van der Waals surface area contributed by atoms with Gasteiger partial charge in [0.15, 0.2) is 0 Å². The van der Waals surface area contributed by atoms with Gasteiger partial charge in [-0.25, -0.2) is 9.97 Å². The summed E-state index contributed by atoms with van der Waals surface area (Å²) in [6.45, 7) is 9.41. The molecule has 2 rings (SSSR count). The van der Waals surface area contributed by atoms with Crippen LogP contribution in [-0.4, -0.2) is 34.1 Å². The lowest BCUT2D eigenvalue weighted by atomic mass is 9.87. The molecular formula is C14H21N3O2. The number of hydrogen-bond donors (Lipinski definition) is 1. The van der Waals surface area contributed by atoms with E-state index in [0.29, 0.717) is 5.92 Å². The quantitative estimate of drug-likeness (QED) is 0.900. The van der Waals surface area contributed by atoms with Crippen LogP contribution in [0.2, 0.25) is 0 Å². The van der Waals surface area contributed by atoms with Gasteiger partial charge in [-0.3, -0.25) is 4.79 Å². The number of carboxylic acid groups (broad SMARTS) is 1. The highest BCUT2D eigenvalue weighted by Crippen LogP contribution is 2.28. The van der Waals surface area contributed by atoms with E-state index in [0.717, 1.165) is 30.4 Å². The Hall–Kier alpha value is -1.65. The van der Waals surface area contributed by atoms with Crippen molar-refractivity contribution in [3.63, 3.8) is 0 Å². The molecule has 0 aliphatic carbocycles.